The number of ether oxygens (including phenoxy) is 1. The number of aliphatic hydroxyl groups is 1. The highest BCUT2D eigenvalue weighted by Gasteiger charge is 2.49. The van der Waals surface area contributed by atoms with Crippen LogP contribution in [-0.2, 0) is 27.6 Å². The van der Waals surface area contributed by atoms with E-state index in [4.69, 9.17) is 16.3 Å². The van der Waals surface area contributed by atoms with Crippen molar-refractivity contribution in [2.45, 2.75) is 68.7 Å². The Bertz CT molecular complexity index is 1360. The molecule has 3 heterocycles. The van der Waals surface area contributed by atoms with Crippen molar-refractivity contribution in [3.8, 4) is 5.75 Å². The summed E-state index contributed by atoms with van der Waals surface area (Å²) >= 11 is 6.20. The first kappa shape index (κ1) is 27.4. The minimum absolute atomic E-state index is 0.0209. The lowest BCUT2D eigenvalue weighted by molar-refractivity contribution is -0.137. The Morgan fingerprint density at radius 2 is 1.85 bits per heavy atom. The van der Waals surface area contributed by atoms with Crippen molar-refractivity contribution in [2.75, 3.05) is 36.5 Å². The first-order chi connectivity index (χ1) is 18.9. The maximum Gasteiger partial charge on any atom is 0.418 e. The summed E-state index contributed by atoms with van der Waals surface area (Å²) in [5.41, 5.74) is -0.433. The average molecular weight is 578 g/mol. The van der Waals surface area contributed by atoms with Gasteiger partial charge in [0.25, 0.3) is 0 Å². The number of carbonyl (C=O) groups excluding carboxylic acids is 2. The predicted octanol–water partition coefficient (Wildman–Crippen LogP) is 4.92. The molecular weight excluding hydrogens is 547 g/mol. The molecule has 1 saturated carbocycles. The molecule has 0 atom stereocenters. The van der Waals surface area contributed by atoms with Crippen molar-refractivity contribution in [3.63, 3.8) is 0 Å². The molecule has 0 unspecified atom stereocenters. The number of alkyl halides is 3. The van der Waals surface area contributed by atoms with E-state index in [1.165, 1.54) is 4.90 Å². The van der Waals surface area contributed by atoms with Crippen molar-refractivity contribution >= 4 is 34.8 Å². The number of benzene rings is 2. The van der Waals surface area contributed by atoms with Crippen molar-refractivity contribution in [3.05, 3.63) is 52.0 Å². The van der Waals surface area contributed by atoms with Crippen LogP contribution in [0.25, 0.3) is 0 Å². The van der Waals surface area contributed by atoms with Crippen LogP contribution in [-0.4, -0.2) is 59.7 Å². The van der Waals surface area contributed by atoms with E-state index in [1.807, 2.05) is 12.1 Å². The molecule has 4 aliphatic rings. The topological polar surface area (TPSA) is 82.1 Å². The second-order valence-corrected chi connectivity index (χ2v) is 12.2. The highest BCUT2D eigenvalue weighted by molar-refractivity contribution is 6.31. The molecule has 11 heteroatoms. The van der Waals surface area contributed by atoms with Crippen molar-refractivity contribution in [1.29, 1.82) is 0 Å². The van der Waals surface area contributed by atoms with Gasteiger partial charge in [0.1, 0.15) is 12.4 Å². The smallest absolute Gasteiger partial charge is 0.418 e. The van der Waals surface area contributed by atoms with E-state index in [-0.39, 0.29) is 55.5 Å². The Morgan fingerprint density at radius 3 is 2.52 bits per heavy atom. The van der Waals surface area contributed by atoms with E-state index in [1.54, 1.807) is 19.1 Å². The Balaban J connectivity index is 1.14. The van der Waals surface area contributed by atoms with Crippen LogP contribution in [0.3, 0.4) is 0 Å². The molecule has 2 aromatic carbocycles. The lowest BCUT2D eigenvalue weighted by atomic mass is 9.73. The molecule has 6 rings (SSSR count). The third kappa shape index (κ3) is 4.73. The Labute approximate surface area is 235 Å². The van der Waals surface area contributed by atoms with Gasteiger partial charge >= 0.3 is 6.18 Å². The van der Waals surface area contributed by atoms with E-state index in [2.05, 4.69) is 10.2 Å². The summed E-state index contributed by atoms with van der Waals surface area (Å²) < 4.78 is 48.5. The van der Waals surface area contributed by atoms with Gasteiger partial charge in [0.05, 0.1) is 22.3 Å². The van der Waals surface area contributed by atoms with E-state index in [0.717, 1.165) is 17.3 Å². The molecule has 1 aliphatic carbocycles. The molecule has 214 valence electrons. The molecular formula is C29H31ClF3N3O4. The van der Waals surface area contributed by atoms with Gasteiger partial charge in [0, 0.05) is 29.7 Å². The van der Waals surface area contributed by atoms with Crippen LogP contribution in [0.4, 0.5) is 24.5 Å². The molecule has 2 amide bonds. The summed E-state index contributed by atoms with van der Waals surface area (Å²) in [6.07, 6.45) is -2.65. The molecule has 2 aromatic rings. The monoisotopic (exact) mass is 577 g/mol. The fraction of sp³-hybridized carbons (Fsp3) is 0.517. The van der Waals surface area contributed by atoms with Crippen molar-refractivity contribution < 1.29 is 32.6 Å². The number of likely N-dealkylation sites (tertiary alicyclic amines) is 1. The van der Waals surface area contributed by atoms with Crippen LogP contribution in [0.2, 0.25) is 5.02 Å². The zero-order chi connectivity index (χ0) is 28.4. The van der Waals surface area contributed by atoms with Gasteiger partial charge in [-0.3, -0.25) is 14.5 Å². The standard InChI is InChI=1S/C29H31ClF3N3O4/c1-27(39)15-19(16-27)36-24(37)5-2-17-12-20(14-22(25(17)36)29(31,32)33)40-11-10-35-8-6-28(7-9-35)21-13-18(30)3-4-23(21)34-26(28)38/h3-4,12-14,19,39H,2,5-11,15-16H2,1H3,(H,34,38). The summed E-state index contributed by atoms with van der Waals surface area (Å²) in [6.45, 7) is 3.59. The number of anilines is 2. The van der Waals surface area contributed by atoms with E-state index in [9.17, 15) is 27.9 Å². The quantitative estimate of drug-likeness (QED) is 0.527. The molecule has 3 aliphatic heterocycles. The fourth-order valence-corrected chi connectivity index (χ4v) is 6.96. The zero-order valence-corrected chi connectivity index (χ0v) is 22.9. The summed E-state index contributed by atoms with van der Waals surface area (Å²) in [4.78, 5) is 29.0. The SMILES string of the molecule is CC1(O)CC(N2C(=O)CCc3cc(OCCN4CCC5(CC4)C(=O)Nc4ccc(Cl)cc45)cc(C(F)(F)F)c32)C1. The molecule has 2 N–H and O–H groups in total. The number of hydrogen-bond acceptors (Lipinski definition) is 5. The molecule has 1 spiro atoms. The molecule has 7 nitrogen and oxygen atoms in total. The number of carbonyl (C=O) groups is 2. The predicted molar refractivity (Wildman–Crippen MR) is 144 cm³/mol. The van der Waals surface area contributed by atoms with E-state index >= 15 is 0 Å². The van der Waals surface area contributed by atoms with Gasteiger partial charge in [-0.2, -0.15) is 13.2 Å². The van der Waals surface area contributed by atoms with Crippen molar-refractivity contribution in [2.24, 2.45) is 0 Å². The second kappa shape index (κ2) is 9.63. The fourth-order valence-electron chi connectivity index (χ4n) is 6.78. The number of rotatable bonds is 5. The van der Waals surface area contributed by atoms with Gasteiger partial charge < -0.3 is 20.1 Å². The van der Waals surface area contributed by atoms with Crippen LogP contribution in [0, 0.1) is 0 Å². The Kier molecular flexibility index (Phi) is 6.59. The first-order valence-electron chi connectivity index (χ1n) is 13.6. The van der Waals surface area contributed by atoms with Gasteiger partial charge in [-0.25, -0.2) is 0 Å². The molecule has 0 aromatic heterocycles. The zero-order valence-electron chi connectivity index (χ0n) is 22.1. The number of halogens is 4. The number of amides is 2. The van der Waals surface area contributed by atoms with Crippen LogP contribution in [0.1, 0.15) is 55.7 Å². The summed E-state index contributed by atoms with van der Waals surface area (Å²) in [5, 5.41) is 13.7. The highest BCUT2D eigenvalue weighted by atomic mass is 35.5. The maximum atomic E-state index is 14.2. The molecule has 0 radical (unpaired) electrons. The average Bonchev–Trinajstić information content (AvgIpc) is 3.13. The van der Waals surface area contributed by atoms with E-state index in [0.29, 0.717) is 43.1 Å². The highest BCUT2D eigenvalue weighted by Crippen LogP contribution is 2.48. The van der Waals surface area contributed by atoms with Crippen LogP contribution < -0.4 is 15.0 Å². The minimum atomic E-state index is -4.67. The van der Waals surface area contributed by atoms with Gasteiger partial charge in [0.2, 0.25) is 11.8 Å². The summed E-state index contributed by atoms with van der Waals surface area (Å²) in [5.74, 6) is -0.253. The number of piperidine rings is 1. The van der Waals surface area contributed by atoms with Crippen molar-refractivity contribution in [1.82, 2.24) is 4.90 Å². The normalized spacial score (nSPS) is 25.9. The number of aryl methyl sites for hydroxylation is 1. The number of nitrogens with zero attached hydrogens (tertiary/aromatic N) is 2. The number of fused-ring (bicyclic) bond motifs is 3. The van der Waals surface area contributed by atoms with Gasteiger partial charge in [-0.05, 0) is 93.6 Å². The van der Waals surface area contributed by atoms with Crippen LogP contribution in [0.15, 0.2) is 30.3 Å². The summed E-state index contributed by atoms with van der Waals surface area (Å²) in [7, 11) is 0. The van der Waals surface area contributed by atoms with Gasteiger partial charge in [0.15, 0.2) is 0 Å². The third-order valence-electron chi connectivity index (χ3n) is 8.87. The third-order valence-corrected chi connectivity index (χ3v) is 9.10. The lowest BCUT2D eigenvalue weighted by Gasteiger charge is -2.48. The molecule has 40 heavy (non-hydrogen) atoms. The van der Waals surface area contributed by atoms with Crippen LogP contribution in [0.5, 0.6) is 5.75 Å². The van der Waals surface area contributed by atoms with Gasteiger partial charge in [-0.1, -0.05) is 11.6 Å². The minimum Gasteiger partial charge on any atom is -0.492 e. The Hall–Kier alpha value is -2.82. The molecule has 2 fully saturated rings. The summed E-state index contributed by atoms with van der Waals surface area (Å²) in [6, 6.07) is 7.56. The Morgan fingerprint density at radius 1 is 1.12 bits per heavy atom. The number of nitrogens with one attached hydrogen (secondary N) is 1. The first-order valence-corrected chi connectivity index (χ1v) is 14.0. The van der Waals surface area contributed by atoms with Crippen LogP contribution >= 0.6 is 11.6 Å². The number of hydrogen-bond donors (Lipinski definition) is 2. The van der Waals surface area contributed by atoms with E-state index < -0.39 is 28.8 Å². The lowest BCUT2D eigenvalue weighted by Crippen LogP contribution is -2.57. The van der Waals surface area contributed by atoms with Gasteiger partial charge in [-0.15, -0.1) is 0 Å². The second-order valence-electron chi connectivity index (χ2n) is 11.7. The largest absolute Gasteiger partial charge is 0.492 e. The molecule has 0 bridgehead atoms. The molecule has 1 saturated heterocycles. The maximum absolute atomic E-state index is 14.2.